The summed E-state index contributed by atoms with van der Waals surface area (Å²) in [6, 6.07) is 7.94. The first-order valence-corrected chi connectivity index (χ1v) is 6.44. The van der Waals surface area contributed by atoms with E-state index in [0.29, 0.717) is 6.42 Å². The van der Waals surface area contributed by atoms with E-state index in [-0.39, 0.29) is 11.3 Å². The minimum Gasteiger partial charge on any atom is -0.326 e. The molecular formula is C15H24N2O. The Bertz CT molecular complexity index is 376. The SMILES string of the molecule is CNCc1ccc(NC(=O)CCC(C)(C)C)cc1. The van der Waals surface area contributed by atoms with Crippen molar-refractivity contribution in [2.45, 2.75) is 40.2 Å². The Morgan fingerprint density at radius 3 is 2.28 bits per heavy atom. The van der Waals surface area contributed by atoms with E-state index in [1.165, 1.54) is 5.56 Å². The standard InChI is InChI=1S/C15H24N2O/c1-15(2,3)10-9-14(18)17-13-7-5-12(6-8-13)11-16-4/h5-8,16H,9-11H2,1-4H3,(H,17,18). The number of carbonyl (C=O) groups is 1. The van der Waals surface area contributed by atoms with E-state index < -0.39 is 0 Å². The number of hydrogen-bond donors (Lipinski definition) is 2. The van der Waals surface area contributed by atoms with Crippen molar-refractivity contribution in [3.63, 3.8) is 0 Å². The third kappa shape index (κ3) is 5.82. The molecule has 0 spiro atoms. The molecule has 0 unspecified atom stereocenters. The van der Waals surface area contributed by atoms with Gasteiger partial charge in [-0.25, -0.2) is 0 Å². The van der Waals surface area contributed by atoms with Crippen LogP contribution >= 0.6 is 0 Å². The zero-order chi connectivity index (χ0) is 13.6. The summed E-state index contributed by atoms with van der Waals surface area (Å²) in [7, 11) is 1.92. The van der Waals surface area contributed by atoms with E-state index in [1.807, 2.05) is 31.3 Å². The van der Waals surface area contributed by atoms with Gasteiger partial charge in [0, 0.05) is 18.7 Å². The molecule has 0 bridgehead atoms. The van der Waals surface area contributed by atoms with E-state index in [2.05, 4.69) is 31.4 Å². The second-order valence-electron chi connectivity index (χ2n) is 5.84. The normalized spacial score (nSPS) is 11.3. The molecule has 0 aliphatic heterocycles. The van der Waals surface area contributed by atoms with E-state index in [9.17, 15) is 4.79 Å². The Kier molecular flexibility index (Phi) is 5.35. The van der Waals surface area contributed by atoms with Gasteiger partial charge in [0.25, 0.3) is 0 Å². The predicted octanol–water partition coefficient (Wildman–Crippen LogP) is 3.17. The number of benzene rings is 1. The highest BCUT2D eigenvalue weighted by molar-refractivity contribution is 5.90. The molecule has 2 N–H and O–H groups in total. The van der Waals surface area contributed by atoms with Gasteiger partial charge < -0.3 is 10.6 Å². The third-order valence-electron chi connectivity index (χ3n) is 2.72. The van der Waals surface area contributed by atoms with Crippen LogP contribution in [0.15, 0.2) is 24.3 Å². The van der Waals surface area contributed by atoms with Gasteiger partial charge in [-0.2, -0.15) is 0 Å². The maximum atomic E-state index is 11.7. The van der Waals surface area contributed by atoms with Crippen LogP contribution < -0.4 is 10.6 Å². The van der Waals surface area contributed by atoms with E-state index in [4.69, 9.17) is 0 Å². The van der Waals surface area contributed by atoms with Crippen molar-refractivity contribution in [3.05, 3.63) is 29.8 Å². The Labute approximate surface area is 110 Å². The van der Waals surface area contributed by atoms with Crippen LogP contribution in [0.4, 0.5) is 5.69 Å². The average Bonchev–Trinajstić information content (AvgIpc) is 2.29. The van der Waals surface area contributed by atoms with Crippen molar-refractivity contribution in [2.75, 3.05) is 12.4 Å². The number of carbonyl (C=O) groups excluding carboxylic acids is 1. The second kappa shape index (κ2) is 6.55. The quantitative estimate of drug-likeness (QED) is 0.840. The predicted molar refractivity (Wildman–Crippen MR) is 76.5 cm³/mol. The van der Waals surface area contributed by atoms with Crippen molar-refractivity contribution in [1.29, 1.82) is 0 Å². The molecule has 0 radical (unpaired) electrons. The van der Waals surface area contributed by atoms with E-state index >= 15 is 0 Å². The molecule has 0 saturated carbocycles. The molecule has 1 aromatic carbocycles. The maximum absolute atomic E-state index is 11.7. The number of hydrogen-bond acceptors (Lipinski definition) is 2. The van der Waals surface area contributed by atoms with Gasteiger partial charge in [0.1, 0.15) is 0 Å². The molecule has 1 aromatic rings. The molecule has 0 heterocycles. The fourth-order valence-electron chi connectivity index (χ4n) is 1.62. The zero-order valence-electron chi connectivity index (χ0n) is 11.8. The van der Waals surface area contributed by atoms with Crippen molar-refractivity contribution >= 4 is 11.6 Å². The van der Waals surface area contributed by atoms with Gasteiger partial charge in [-0.3, -0.25) is 4.79 Å². The van der Waals surface area contributed by atoms with E-state index in [1.54, 1.807) is 0 Å². The lowest BCUT2D eigenvalue weighted by Crippen LogP contribution is -2.15. The summed E-state index contributed by atoms with van der Waals surface area (Å²) < 4.78 is 0. The Morgan fingerprint density at radius 1 is 1.17 bits per heavy atom. The first-order valence-electron chi connectivity index (χ1n) is 6.44. The summed E-state index contributed by atoms with van der Waals surface area (Å²) in [5, 5.41) is 6.02. The topological polar surface area (TPSA) is 41.1 Å². The van der Waals surface area contributed by atoms with Crippen molar-refractivity contribution < 1.29 is 4.79 Å². The first kappa shape index (κ1) is 14.7. The molecule has 100 valence electrons. The fraction of sp³-hybridized carbons (Fsp3) is 0.533. The lowest BCUT2D eigenvalue weighted by atomic mass is 9.90. The van der Waals surface area contributed by atoms with Crippen molar-refractivity contribution in [3.8, 4) is 0 Å². The van der Waals surface area contributed by atoms with Crippen LogP contribution in [0.2, 0.25) is 0 Å². The molecule has 0 atom stereocenters. The van der Waals surface area contributed by atoms with Crippen LogP contribution in [0.25, 0.3) is 0 Å². The number of nitrogens with one attached hydrogen (secondary N) is 2. The van der Waals surface area contributed by atoms with Crippen LogP contribution in [-0.4, -0.2) is 13.0 Å². The molecule has 3 heteroatoms. The van der Waals surface area contributed by atoms with Gasteiger partial charge in [-0.05, 0) is 36.6 Å². The van der Waals surface area contributed by atoms with E-state index in [0.717, 1.165) is 18.7 Å². The molecule has 0 aliphatic carbocycles. The van der Waals surface area contributed by atoms with Gasteiger partial charge in [-0.1, -0.05) is 32.9 Å². The highest BCUT2D eigenvalue weighted by atomic mass is 16.1. The monoisotopic (exact) mass is 248 g/mol. The van der Waals surface area contributed by atoms with Crippen LogP contribution in [0.3, 0.4) is 0 Å². The van der Waals surface area contributed by atoms with Gasteiger partial charge in [0.15, 0.2) is 0 Å². The lowest BCUT2D eigenvalue weighted by Gasteiger charge is -2.17. The second-order valence-corrected chi connectivity index (χ2v) is 5.84. The summed E-state index contributed by atoms with van der Waals surface area (Å²) in [6.07, 6.45) is 1.47. The summed E-state index contributed by atoms with van der Waals surface area (Å²) in [4.78, 5) is 11.7. The molecule has 0 aliphatic rings. The van der Waals surface area contributed by atoms with Gasteiger partial charge >= 0.3 is 0 Å². The number of amides is 1. The molecule has 0 aromatic heterocycles. The molecule has 0 fully saturated rings. The molecule has 0 saturated heterocycles. The fourth-order valence-corrected chi connectivity index (χ4v) is 1.62. The average molecular weight is 248 g/mol. The van der Waals surface area contributed by atoms with Gasteiger partial charge in [0.05, 0.1) is 0 Å². The molecule has 18 heavy (non-hydrogen) atoms. The maximum Gasteiger partial charge on any atom is 0.224 e. The van der Waals surface area contributed by atoms with Crippen molar-refractivity contribution in [2.24, 2.45) is 5.41 Å². The molecular weight excluding hydrogens is 224 g/mol. The van der Waals surface area contributed by atoms with Crippen LogP contribution in [-0.2, 0) is 11.3 Å². The number of anilines is 1. The highest BCUT2D eigenvalue weighted by Crippen LogP contribution is 2.21. The van der Waals surface area contributed by atoms with Crippen LogP contribution in [0, 0.1) is 5.41 Å². The molecule has 3 nitrogen and oxygen atoms in total. The molecule has 1 rings (SSSR count). The van der Waals surface area contributed by atoms with Gasteiger partial charge in [0.2, 0.25) is 5.91 Å². The summed E-state index contributed by atoms with van der Waals surface area (Å²) >= 11 is 0. The third-order valence-corrected chi connectivity index (χ3v) is 2.72. The van der Waals surface area contributed by atoms with Crippen LogP contribution in [0.1, 0.15) is 39.2 Å². The smallest absolute Gasteiger partial charge is 0.224 e. The number of rotatable bonds is 5. The van der Waals surface area contributed by atoms with Gasteiger partial charge in [-0.15, -0.1) is 0 Å². The first-order chi connectivity index (χ1) is 8.40. The van der Waals surface area contributed by atoms with Crippen molar-refractivity contribution in [1.82, 2.24) is 5.32 Å². The largest absolute Gasteiger partial charge is 0.326 e. The van der Waals surface area contributed by atoms with Crippen LogP contribution in [0.5, 0.6) is 0 Å². The Balaban J connectivity index is 2.44. The summed E-state index contributed by atoms with van der Waals surface area (Å²) in [6.45, 7) is 7.28. The Morgan fingerprint density at radius 2 is 1.78 bits per heavy atom. The lowest BCUT2D eigenvalue weighted by molar-refractivity contribution is -0.116. The minimum absolute atomic E-state index is 0.0892. The Hall–Kier alpha value is -1.35. The highest BCUT2D eigenvalue weighted by Gasteiger charge is 2.12. The summed E-state index contributed by atoms with van der Waals surface area (Å²) in [5.74, 6) is 0.0892. The zero-order valence-corrected chi connectivity index (χ0v) is 11.8. The molecule has 1 amide bonds. The minimum atomic E-state index is 0.0892. The summed E-state index contributed by atoms with van der Waals surface area (Å²) in [5.41, 5.74) is 2.28.